The Balaban J connectivity index is 2.00. The molecule has 0 bridgehead atoms. The van der Waals surface area contributed by atoms with Gasteiger partial charge in [0, 0.05) is 31.1 Å². The Morgan fingerprint density at radius 1 is 1.30 bits per heavy atom. The topological polar surface area (TPSA) is 70.6 Å². The number of pyridine rings is 1. The zero-order valence-electron chi connectivity index (χ0n) is 13.2. The zero-order chi connectivity index (χ0) is 16.6. The van der Waals surface area contributed by atoms with Gasteiger partial charge in [0.05, 0.1) is 12.2 Å². The number of fused-ring (bicyclic) bond motifs is 1. The molecule has 1 aromatic carbocycles. The summed E-state index contributed by atoms with van der Waals surface area (Å²) in [5.74, 6) is -0.0330. The molecule has 0 radical (unpaired) electrons. The number of hydrogen-bond donors (Lipinski definition) is 0. The maximum atomic E-state index is 12.9. The lowest BCUT2D eigenvalue weighted by Crippen LogP contribution is -2.33. The first-order chi connectivity index (χ1) is 10.9. The van der Waals surface area contributed by atoms with Gasteiger partial charge in [0.25, 0.3) is 0 Å². The standard InChI is InChI=1S/C16H19N3O3S/c1-3-15(20)18-7-8-19(11-18)23(21,22)14-6-4-5-13-9-12(2)10-17-16(13)14/h4-6,9-10H,3,7-8,11H2,1-2H3. The van der Waals surface area contributed by atoms with Gasteiger partial charge in [-0.2, -0.15) is 4.31 Å². The first kappa shape index (κ1) is 15.9. The van der Waals surface area contributed by atoms with E-state index in [9.17, 15) is 13.2 Å². The summed E-state index contributed by atoms with van der Waals surface area (Å²) in [6, 6.07) is 7.06. The maximum absolute atomic E-state index is 12.9. The number of sulfonamides is 1. The summed E-state index contributed by atoms with van der Waals surface area (Å²) in [5, 5.41) is 0.798. The number of carbonyl (C=O) groups is 1. The molecule has 0 atom stereocenters. The van der Waals surface area contributed by atoms with E-state index in [4.69, 9.17) is 0 Å². The third kappa shape index (κ3) is 2.82. The molecule has 0 N–H and O–H groups in total. The quantitative estimate of drug-likeness (QED) is 0.858. The zero-order valence-corrected chi connectivity index (χ0v) is 14.0. The molecule has 0 spiro atoms. The fourth-order valence-electron chi connectivity index (χ4n) is 2.78. The molecule has 1 aromatic heterocycles. The van der Waals surface area contributed by atoms with Crippen molar-refractivity contribution in [3.05, 3.63) is 36.0 Å². The predicted octanol–water partition coefficient (Wildman–Crippen LogP) is 1.74. The van der Waals surface area contributed by atoms with E-state index in [2.05, 4.69) is 4.98 Å². The van der Waals surface area contributed by atoms with Crippen molar-refractivity contribution in [2.75, 3.05) is 19.8 Å². The number of nitrogens with zero attached hydrogens (tertiary/aromatic N) is 3. The van der Waals surface area contributed by atoms with Gasteiger partial charge in [-0.05, 0) is 24.6 Å². The SMILES string of the molecule is CCC(=O)N1CCN(S(=O)(=O)c2cccc3cc(C)cnc23)C1. The number of aromatic nitrogens is 1. The van der Waals surface area contributed by atoms with Crippen LogP contribution in [0, 0.1) is 6.92 Å². The number of carbonyl (C=O) groups excluding carboxylic acids is 1. The van der Waals surface area contributed by atoms with E-state index in [-0.39, 0.29) is 17.5 Å². The van der Waals surface area contributed by atoms with Gasteiger partial charge < -0.3 is 4.90 Å². The molecule has 7 heteroatoms. The minimum Gasteiger partial charge on any atom is -0.327 e. The molecule has 0 saturated carbocycles. The lowest BCUT2D eigenvalue weighted by atomic mass is 10.2. The lowest BCUT2D eigenvalue weighted by Gasteiger charge is -2.18. The van der Waals surface area contributed by atoms with Crippen molar-refractivity contribution in [2.24, 2.45) is 0 Å². The Bertz CT molecular complexity index is 864. The number of rotatable bonds is 3. The molecule has 0 unspecified atom stereocenters. The molecule has 122 valence electrons. The summed E-state index contributed by atoms with van der Waals surface area (Å²) in [6.07, 6.45) is 2.04. The van der Waals surface area contributed by atoms with Crippen molar-refractivity contribution < 1.29 is 13.2 Å². The van der Waals surface area contributed by atoms with Crippen LogP contribution in [0.4, 0.5) is 0 Å². The Morgan fingerprint density at radius 3 is 2.83 bits per heavy atom. The molecular formula is C16H19N3O3S. The van der Waals surface area contributed by atoms with Crippen LogP contribution in [-0.2, 0) is 14.8 Å². The first-order valence-corrected chi connectivity index (χ1v) is 9.01. The van der Waals surface area contributed by atoms with Crippen molar-refractivity contribution in [1.82, 2.24) is 14.2 Å². The smallest absolute Gasteiger partial charge is 0.246 e. The maximum Gasteiger partial charge on any atom is 0.246 e. The molecule has 2 aromatic rings. The summed E-state index contributed by atoms with van der Waals surface area (Å²) in [6.45, 7) is 4.55. The van der Waals surface area contributed by atoms with Gasteiger partial charge in [0.2, 0.25) is 15.9 Å². The molecule has 1 aliphatic heterocycles. The normalized spacial score (nSPS) is 16.2. The molecule has 1 aliphatic rings. The summed E-state index contributed by atoms with van der Waals surface area (Å²) in [5.41, 5.74) is 1.45. The molecule has 1 fully saturated rings. The van der Waals surface area contributed by atoms with Crippen molar-refractivity contribution in [3.63, 3.8) is 0 Å². The largest absolute Gasteiger partial charge is 0.327 e. The van der Waals surface area contributed by atoms with Crippen molar-refractivity contribution >= 4 is 26.8 Å². The number of benzene rings is 1. The fourth-order valence-corrected chi connectivity index (χ4v) is 4.33. The second kappa shape index (κ2) is 5.90. The van der Waals surface area contributed by atoms with Crippen LogP contribution in [-0.4, -0.2) is 48.3 Å². The Labute approximate surface area is 135 Å². The van der Waals surface area contributed by atoms with Crippen LogP contribution in [0.3, 0.4) is 0 Å². The van der Waals surface area contributed by atoms with E-state index >= 15 is 0 Å². The van der Waals surface area contributed by atoms with Gasteiger partial charge >= 0.3 is 0 Å². The van der Waals surface area contributed by atoms with Gasteiger partial charge in [-0.15, -0.1) is 0 Å². The lowest BCUT2D eigenvalue weighted by molar-refractivity contribution is -0.130. The van der Waals surface area contributed by atoms with Crippen LogP contribution in [0.2, 0.25) is 0 Å². The molecule has 6 nitrogen and oxygen atoms in total. The summed E-state index contributed by atoms with van der Waals surface area (Å²) in [4.78, 5) is 17.8. The minimum absolute atomic E-state index is 0.0330. The van der Waals surface area contributed by atoms with Gasteiger partial charge in [0.1, 0.15) is 4.90 Å². The van der Waals surface area contributed by atoms with E-state index < -0.39 is 10.0 Å². The van der Waals surface area contributed by atoms with Gasteiger partial charge in [0.15, 0.2) is 0 Å². The highest BCUT2D eigenvalue weighted by molar-refractivity contribution is 7.89. The highest BCUT2D eigenvalue weighted by Gasteiger charge is 2.34. The Kier molecular flexibility index (Phi) is 4.08. The number of amides is 1. The van der Waals surface area contributed by atoms with Crippen LogP contribution in [0.5, 0.6) is 0 Å². The molecule has 2 heterocycles. The van der Waals surface area contributed by atoms with E-state index in [0.29, 0.717) is 25.0 Å². The minimum atomic E-state index is -3.68. The third-order valence-corrected chi connectivity index (χ3v) is 5.89. The molecule has 3 rings (SSSR count). The Hall–Kier alpha value is -1.99. The molecule has 0 aliphatic carbocycles. The van der Waals surface area contributed by atoms with Gasteiger partial charge in [-0.3, -0.25) is 9.78 Å². The van der Waals surface area contributed by atoms with Crippen LogP contribution in [0.25, 0.3) is 10.9 Å². The summed E-state index contributed by atoms with van der Waals surface area (Å²) < 4.78 is 27.2. The molecule has 1 amide bonds. The summed E-state index contributed by atoms with van der Waals surface area (Å²) in [7, 11) is -3.68. The van der Waals surface area contributed by atoms with E-state index in [1.807, 2.05) is 19.1 Å². The molecular weight excluding hydrogens is 314 g/mol. The van der Waals surface area contributed by atoms with Crippen LogP contribution < -0.4 is 0 Å². The Morgan fingerprint density at radius 2 is 2.09 bits per heavy atom. The predicted molar refractivity (Wildman–Crippen MR) is 87.2 cm³/mol. The van der Waals surface area contributed by atoms with E-state index in [1.165, 1.54) is 4.31 Å². The van der Waals surface area contributed by atoms with Crippen molar-refractivity contribution in [2.45, 2.75) is 25.2 Å². The van der Waals surface area contributed by atoms with Crippen LogP contribution in [0.1, 0.15) is 18.9 Å². The summed E-state index contributed by atoms with van der Waals surface area (Å²) >= 11 is 0. The van der Waals surface area contributed by atoms with Crippen LogP contribution >= 0.6 is 0 Å². The van der Waals surface area contributed by atoms with Gasteiger partial charge in [-0.1, -0.05) is 19.1 Å². The van der Waals surface area contributed by atoms with Gasteiger partial charge in [-0.25, -0.2) is 8.42 Å². The molecule has 1 saturated heterocycles. The first-order valence-electron chi connectivity index (χ1n) is 7.57. The highest BCUT2D eigenvalue weighted by atomic mass is 32.2. The average molecular weight is 333 g/mol. The van der Waals surface area contributed by atoms with Crippen molar-refractivity contribution in [1.29, 1.82) is 0 Å². The average Bonchev–Trinajstić information content (AvgIpc) is 3.04. The van der Waals surface area contributed by atoms with Crippen molar-refractivity contribution in [3.8, 4) is 0 Å². The fraction of sp³-hybridized carbons (Fsp3) is 0.375. The highest BCUT2D eigenvalue weighted by Crippen LogP contribution is 2.26. The third-order valence-electron chi connectivity index (χ3n) is 4.03. The molecule has 23 heavy (non-hydrogen) atoms. The number of para-hydroxylation sites is 1. The van der Waals surface area contributed by atoms with E-state index in [0.717, 1.165) is 10.9 Å². The number of hydrogen-bond acceptors (Lipinski definition) is 4. The second-order valence-corrected chi connectivity index (χ2v) is 7.58. The monoisotopic (exact) mass is 333 g/mol. The van der Waals surface area contributed by atoms with Crippen LogP contribution in [0.15, 0.2) is 35.4 Å². The second-order valence-electron chi connectivity index (χ2n) is 5.67. The van der Waals surface area contributed by atoms with E-state index in [1.54, 1.807) is 30.2 Å². The number of aryl methyl sites for hydroxylation is 1.